The third kappa shape index (κ3) is 1.61. The Bertz CT molecular complexity index is 773. The fourth-order valence-corrected chi connectivity index (χ4v) is 5.24. The second-order valence-corrected chi connectivity index (χ2v) is 6.97. The number of aryl methyl sites for hydroxylation is 1. The lowest BCUT2D eigenvalue weighted by molar-refractivity contribution is 0.0752. The van der Waals surface area contributed by atoms with Crippen molar-refractivity contribution in [3.05, 3.63) is 64.7 Å². The van der Waals surface area contributed by atoms with Gasteiger partial charge in [0.1, 0.15) is 10.6 Å². The molecule has 4 rings (SSSR count). The van der Waals surface area contributed by atoms with E-state index in [4.69, 9.17) is 4.74 Å². The predicted octanol–water partition coefficient (Wildman–Crippen LogP) is 3.41. The summed E-state index contributed by atoms with van der Waals surface area (Å²) in [4.78, 5) is 14.5. The largest absolute Gasteiger partial charge is 0.497 e. The van der Waals surface area contributed by atoms with Crippen molar-refractivity contribution >= 4 is 17.7 Å². The molecule has 1 saturated heterocycles. The second-order valence-electron chi connectivity index (χ2n) is 5.68. The predicted molar refractivity (Wildman–Crippen MR) is 88.4 cm³/mol. The summed E-state index contributed by atoms with van der Waals surface area (Å²) in [6, 6.07) is 14.1. The molecule has 0 bridgehead atoms. The monoisotopic (exact) mass is 311 g/mol. The molecule has 0 N–H and O–H groups in total. The van der Waals surface area contributed by atoms with Crippen molar-refractivity contribution < 1.29 is 9.53 Å². The van der Waals surface area contributed by atoms with Gasteiger partial charge in [0.2, 0.25) is 0 Å². The van der Waals surface area contributed by atoms with Crippen LogP contribution in [0.5, 0.6) is 5.75 Å². The number of hydrogen-bond donors (Lipinski definition) is 0. The number of nitrogens with zero attached hydrogens (tertiary/aromatic N) is 1. The molecular weight excluding hydrogens is 294 g/mol. The van der Waals surface area contributed by atoms with Gasteiger partial charge in [0.25, 0.3) is 5.91 Å². The van der Waals surface area contributed by atoms with Crippen LogP contribution in [-0.2, 0) is 4.87 Å². The Hall–Kier alpha value is -1.94. The molecule has 3 nitrogen and oxygen atoms in total. The first-order chi connectivity index (χ1) is 10.7. The molecule has 0 aromatic heterocycles. The molecule has 2 aliphatic heterocycles. The van der Waals surface area contributed by atoms with Crippen LogP contribution >= 0.6 is 11.8 Å². The molecule has 2 aromatic carbocycles. The summed E-state index contributed by atoms with van der Waals surface area (Å²) in [7, 11) is 1.68. The normalized spacial score (nSPS) is 22.6. The van der Waals surface area contributed by atoms with Gasteiger partial charge >= 0.3 is 0 Å². The lowest BCUT2D eigenvalue weighted by atomic mass is 9.93. The van der Waals surface area contributed by atoms with Crippen LogP contribution < -0.4 is 4.74 Å². The molecule has 0 spiro atoms. The van der Waals surface area contributed by atoms with Crippen molar-refractivity contribution in [2.24, 2.45) is 0 Å². The summed E-state index contributed by atoms with van der Waals surface area (Å²) in [5.41, 5.74) is 4.28. The first-order valence-corrected chi connectivity index (χ1v) is 8.37. The van der Waals surface area contributed by atoms with Crippen molar-refractivity contribution in [2.75, 3.05) is 19.4 Å². The van der Waals surface area contributed by atoms with Crippen LogP contribution in [0, 0.1) is 6.92 Å². The molecule has 0 aliphatic carbocycles. The van der Waals surface area contributed by atoms with Gasteiger partial charge in [-0.1, -0.05) is 24.3 Å². The van der Waals surface area contributed by atoms with E-state index in [1.807, 2.05) is 40.9 Å². The molecule has 2 aromatic rings. The number of amides is 1. The zero-order valence-electron chi connectivity index (χ0n) is 12.6. The van der Waals surface area contributed by atoms with E-state index in [2.05, 4.69) is 25.1 Å². The highest BCUT2D eigenvalue weighted by atomic mass is 32.2. The van der Waals surface area contributed by atoms with Crippen LogP contribution in [0.2, 0.25) is 0 Å². The van der Waals surface area contributed by atoms with Gasteiger partial charge in [-0.3, -0.25) is 4.79 Å². The molecule has 22 heavy (non-hydrogen) atoms. The maximum Gasteiger partial charge on any atom is 0.255 e. The SMILES string of the molecule is COc1cccc(C23SCCN2C(=O)c2cccc(C)c23)c1. The van der Waals surface area contributed by atoms with E-state index in [0.29, 0.717) is 0 Å². The standard InChI is InChI=1S/C18H17NO2S/c1-12-5-3-8-15-16(12)18(19(17(15)20)9-10-22-18)13-6-4-7-14(11-13)21-2/h3-8,11H,9-10H2,1-2H3. The van der Waals surface area contributed by atoms with Crippen LogP contribution in [0.3, 0.4) is 0 Å². The maximum atomic E-state index is 12.8. The van der Waals surface area contributed by atoms with Gasteiger partial charge in [-0.2, -0.15) is 0 Å². The van der Waals surface area contributed by atoms with E-state index in [0.717, 1.165) is 34.7 Å². The number of rotatable bonds is 2. The van der Waals surface area contributed by atoms with Crippen molar-refractivity contribution in [2.45, 2.75) is 11.8 Å². The first-order valence-electron chi connectivity index (χ1n) is 7.39. The van der Waals surface area contributed by atoms with Gasteiger partial charge in [-0.05, 0) is 36.2 Å². The number of methoxy groups -OCH3 is 1. The minimum absolute atomic E-state index is 0.145. The molecule has 2 heterocycles. The molecule has 112 valence electrons. The van der Waals surface area contributed by atoms with Crippen molar-refractivity contribution in [3.8, 4) is 5.75 Å². The number of thioether (sulfide) groups is 1. The first kappa shape index (κ1) is 13.7. The summed E-state index contributed by atoms with van der Waals surface area (Å²) in [5.74, 6) is 1.93. The molecule has 0 radical (unpaired) electrons. The van der Waals surface area contributed by atoms with E-state index in [1.165, 1.54) is 5.56 Å². The smallest absolute Gasteiger partial charge is 0.255 e. The van der Waals surface area contributed by atoms with Gasteiger partial charge < -0.3 is 9.64 Å². The highest BCUT2D eigenvalue weighted by Gasteiger charge is 2.55. The molecule has 1 unspecified atom stereocenters. The Kier molecular flexibility index (Phi) is 2.98. The van der Waals surface area contributed by atoms with Crippen LogP contribution in [-0.4, -0.2) is 30.2 Å². The lowest BCUT2D eigenvalue weighted by Gasteiger charge is -2.33. The van der Waals surface area contributed by atoms with Crippen molar-refractivity contribution in [1.29, 1.82) is 0 Å². The van der Waals surface area contributed by atoms with Crippen LogP contribution in [0.1, 0.15) is 27.0 Å². The van der Waals surface area contributed by atoms with E-state index in [1.54, 1.807) is 7.11 Å². The highest BCUT2D eigenvalue weighted by Crippen LogP contribution is 2.56. The molecule has 4 heteroatoms. The van der Waals surface area contributed by atoms with Crippen LogP contribution in [0.25, 0.3) is 0 Å². The maximum absolute atomic E-state index is 12.8. The third-order valence-electron chi connectivity index (χ3n) is 4.55. The van der Waals surface area contributed by atoms with E-state index < -0.39 is 4.87 Å². The average Bonchev–Trinajstić information content (AvgIpc) is 3.08. The molecule has 1 atom stereocenters. The Morgan fingerprint density at radius 3 is 2.86 bits per heavy atom. The summed E-state index contributed by atoms with van der Waals surface area (Å²) < 4.78 is 5.39. The lowest BCUT2D eigenvalue weighted by Crippen LogP contribution is -2.38. The second kappa shape index (κ2) is 4.78. The van der Waals surface area contributed by atoms with Gasteiger partial charge in [0.15, 0.2) is 0 Å². The number of carbonyl (C=O) groups is 1. The Morgan fingerprint density at radius 1 is 1.23 bits per heavy atom. The van der Waals surface area contributed by atoms with Crippen molar-refractivity contribution in [3.63, 3.8) is 0 Å². The van der Waals surface area contributed by atoms with Gasteiger partial charge in [-0.15, -0.1) is 11.8 Å². The Labute approximate surface area is 134 Å². The molecule has 1 amide bonds. The minimum Gasteiger partial charge on any atom is -0.497 e. The summed E-state index contributed by atoms with van der Waals surface area (Å²) >= 11 is 1.84. The minimum atomic E-state index is -0.397. The van der Waals surface area contributed by atoms with E-state index >= 15 is 0 Å². The molecule has 2 aliphatic rings. The van der Waals surface area contributed by atoms with Gasteiger partial charge in [0, 0.05) is 23.4 Å². The number of hydrogen-bond acceptors (Lipinski definition) is 3. The summed E-state index contributed by atoms with van der Waals surface area (Å²) in [5, 5.41) is 0. The zero-order valence-corrected chi connectivity index (χ0v) is 13.4. The topological polar surface area (TPSA) is 29.5 Å². The molecular formula is C18H17NO2S. The number of fused-ring (bicyclic) bond motifs is 3. The van der Waals surface area contributed by atoms with E-state index in [-0.39, 0.29) is 5.91 Å². The quantitative estimate of drug-likeness (QED) is 0.851. The number of benzene rings is 2. The molecule has 0 saturated carbocycles. The number of ether oxygens (including phenoxy) is 1. The Morgan fingerprint density at radius 2 is 2.05 bits per heavy atom. The van der Waals surface area contributed by atoms with Crippen LogP contribution in [0.4, 0.5) is 0 Å². The van der Waals surface area contributed by atoms with E-state index in [9.17, 15) is 4.79 Å². The van der Waals surface area contributed by atoms with Crippen LogP contribution in [0.15, 0.2) is 42.5 Å². The zero-order chi connectivity index (χ0) is 15.3. The molecule has 1 fully saturated rings. The van der Waals surface area contributed by atoms with Gasteiger partial charge in [-0.25, -0.2) is 0 Å². The fourth-order valence-electron chi connectivity index (χ4n) is 3.63. The Balaban J connectivity index is 2.01. The van der Waals surface area contributed by atoms with Crippen molar-refractivity contribution in [1.82, 2.24) is 4.90 Å². The summed E-state index contributed by atoms with van der Waals surface area (Å²) in [6.07, 6.45) is 0. The fraction of sp³-hybridized carbons (Fsp3) is 0.278. The third-order valence-corrected chi connectivity index (χ3v) is 6.02. The number of carbonyl (C=O) groups excluding carboxylic acids is 1. The summed E-state index contributed by atoms with van der Waals surface area (Å²) in [6.45, 7) is 2.88. The highest BCUT2D eigenvalue weighted by molar-refractivity contribution is 8.00. The average molecular weight is 311 g/mol. The van der Waals surface area contributed by atoms with Gasteiger partial charge in [0.05, 0.1) is 7.11 Å².